The van der Waals surface area contributed by atoms with E-state index in [0.29, 0.717) is 13.0 Å². The summed E-state index contributed by atoms with van der Waals surface area (Å²) < 4.78 is 0. The van der Waals surface area contributed by atoms with Crippen molar-refractivity contribution in [2.24, 2.45) is 4.99 Å². The van der Waals surface area contributed by atoms with E-state index in [4.69, 9.17) is 0 Å². The van der Waals surface area contributed by atoms with E-state index in [2.05, 4.69) is 17.2 Å². The number of para-hydroxylation sites is 1. The molecule has 0 saturated heterocycles. The molecule has 0 spiro atoms. The molecule has 2 rings (SSSR count). The van der Waals surface area contributed by atoms with Gasteiger partial charge >= 0.3 is 0 Å². The van der Waals surface area contributed by atoms with Gasteiger partial charge in [0.05, 0.1) is 0 Å². The quantitative estimate of drug-likeness (QED) is 0.810. The Morgan fingerprint density at radius 1 is 1.28 bits per heavy atom. The van der Waals surface area contributed by atoms with Gasteiger partial charge in [-0.05, 0) is 18.9 Å². The number of carbonyl (C=O) groups excluding carboxylic acids is 1. The Bertz CT molecular complexity index is 452. The summed E-state index contributed by atoms with van der Waals surface area (Å²) in [6.07, 6.45) is 5.09. The lowest BCUT2D eigenvalue weighted by Gasteiger charge is -2.16. The molecular formula is C15H20N2O. The molecule has 1 N–H and O–H groups in total. The molecule has 0 fully saturated rings. The molecule has 18 heavy (non-hydrogen) atoms. The van der Waals surface area contributed by atoms with E-state index in [1.54, 1.807) is 0 Å². The zero-order valence-electron chi connectivity index (χ0n) is 10.9. The van der Waals surface area contributed by atoms with Crippen LogP contribution in [0.3, 0.4) is 0 Å². The molecule has 96 valence electrons. The Hall–Kier alpha value is -1.64. The zero-order valence-corrected chi connectivity index (χ0v) is 10.9. The van der Waals surface area contributed by atoms with E-state index in [9.17, 15) is 4.79 Å². The topological polar surface area (TPSA) is 41.5 Å². The Morgan fingerprint density at radius 2 is 2.11 bits per heavy atom. The van der Waals surface area contributed by atoms with Gasteiger partial charge in [0.2, 0.25) is 5.91 Å². The molecule has 0 unspecified atom stereocenters. The molecule has 3 heteroatoms. The first-order chi connectivity index (χ1) is 8.81. The summed E-state index contributed by atoms with van der Waals surface area (Å²) in [7, 11) is 0. The fraction of sp³-hybridized carbons (Fsp3) is 0.467. The van der Waals surface area contributed by atoms with Crippen LogP contribution in [0, 0.1) is 0 Å². The Balaban J connectivity index is 2.22. The van der Waals surface area contributed by atoms with E-state index in [0.717, 1.165) is 29.8 Å². The summed E-state index contributed by atoms with van der Waals surface area (Å²) in [5.74, 6) is 0.0545. The molecule has 0 aromatic heterocycles. The summed E-state index contributed by atoms with van der Waals surface area (Å²) >= 11 is 0. The molecule has 1 aromatic rings. The van der Waals surface area contributed by atoms with Gasteiger partial charge in [-0.1, -0.05) is 38.0 Å². The highest BCUT2D eigenvalue weighted by Gasteiger charge is 2.13. The smallest absolute Gasteiger partial charge is 0.226 e. The summed E-state index contributed by atoms with van der Waals surface area (Å²) in [4.78, 5) is 16.2. The molecule has 0 aliphatic carbocycles. The fourth-order valence-electron chi connectivity index (χ4n) is 2.19. The number of hydrogen-bond donors (Lipinski definition) is 1. The van der Waals surface area contributed by atoms with Crippen molar-refractivity contribution in [1.29, 1.82) is 0 Å². The third-order valence-corrected chi connectivity index (χ3v) is 3.17. The number of unbranched alkanes of at least 4 members (excludes halogenated alkanes) is 2. The van der Waals surface area contributed by atoms with Crippen LogP contribution in [-0.4, -0.2) is 18.2 Å². The minimum absolute atomic E-state index is 0.0545. The van der Waals surface area contributed by atoms with Gasteiger partial charge in [-0.2, -0.15) is 0 Å². The molecule has 1 aliphatic rings. The van der Waals surface area contributed by atoms with E-state index < -0.39 is 0 Å². The van der Waals surface area contributed by atoms with Gasteiger partial charge < -0.3 is 5.32 Å². The van der Waals surface area contributed by atoms with E-state index in [-0.39, 0.29) is 5.91 Å². The minimum atomic E-state index is 0.0545. The predicted molar refractivity (Wildman–Crippen MR) is 75.2 cm³/mol. The molecule has 3 nitrogen and oxygen atoms in total. The summed E-state index contributed by atoms with van der Waals surface area (Å²) in [5.41, 5.74) is 3.12. The van der Waals surface area contributed by atoms with Crippen molar-refractivity contribution in [2.45, 2.75) is 39.0 Å². The van der Waals surface area contributed by atoms with Gasteiger partial charge in [0.25, 0.3) is 0 Å². The van der Waals surface area contributed by atoms with Crippen molar-refractivity contribution in [1.82, 2.24) is 0 Å². The molecule has 0 bridgehead atoms. The number of nitrogens with zero attached hydrogens (tertiary/aromatic N) is 1. The Morgan fingerprint density at radius 3 is 2.94 bits per heavy atom. The monoisotopic (exact) mass is 244 g/mol. The van der Waals surface area contributed by atoms with E-state index >= 15 is 0 Å². The maximum absolute atomic E-state index is 11.6. The van der Waals surface area contributed by atoms with Gasteiger partial charge in [0.15, 0.2) is 0 Å². The van der Waals surface area contributed by atoms with Crippen LogP contribution in [0.15, 0.2) is 29.3 Å². The number of benzene rings is 1. The first-order valence-corrected chi connectivity index (χ1v) is 6.74. The highest BCUT2D eigenvalue weighted by molar-refractivity contribution is 6.08. The SMILES string of the molecule is CCCCC/C1=N/CCC(=O)Nc2ccccc21. The second-order valence-electron chi connectivity index (χ2n) is 4.63. The predicted octanol–water partition coefficient (Wildman–Crippen LogP) is 3.40. The molecule has 1 aromatic carbocycles. The van der Waals surface area contributed by atoms with Gasteiger partial charge in [0.1, 0.15) is 0 Å². The van der Waals surface area contributed by atoms with Crippen LogP contribution in [-0.2, 0) is 4.79 Å². The number of hydrogen-bond acceptors (Lipinski definition) is 2. The molecular weight excluding hydrogens is 224 g/mol. The van der Waals surface area contributed by atoms with Crippen molar-refractivity contribution < 1.29 is 4.79 Å². The maximum atomic E-state index is 11.6. The van der Waals surface area contributed by atoms with Crippen LogP contribution in [0.2, 0.25) is 0 Å². The molecule has 0 radical (unpaired) electrons. The van der Waals surface area contributed by atoms with Crippen LogP contribution in [0.1, 0.15) is 44.6 Å². The highest BCUT2D eigenvalue weighted by atomic mass is 16.1. The van der Waals surface area contributed by atoms with Gasteiger partial charge in [-0.15, -0.1) is 0 Å². The van der Waals surface area contributed by atoms with E-state index in [1.165, 1.54) is 12.8 Å². The lowest BCUT2D eigenvalue weighted by atomic mass is 10.0. The lowest BCUT2D eigenvalue weighted by Crippen LogP contribution is -2.19. The molecule has 1 aliphatic heterocycles. The number of anilines is 1. The summed E-state index contributed by atoms with van der Waals surface area (Å²) in [6.45, 7) is 2.80. The minimum Gasteiger partial charge on any atom is -0.325 e. The van der Waals surface area contributed by atoms with Crippen molar-refractivity contribution in [3.63, 3.8) is 0 Å². The van der Waals surface area contributed by atoms with Crippen molar-refractivity contribution >= 4 is 17.3 Å². The Labute approximate surface area is 108 Å². The van der Waals surface area contributed by atoms with E-state index in [1.807, 2.05) is 24.3 Å². The number of amides is 1. The van der Waals surface area contributed by atoms with Crippen LogP contribution in [0.4, 0.5) is 5.69 Å². The highest BCUT2D eigenvalue weighted by Crippen LogP contribution is 2.21. The second-order valence-corrected chi connectivity index (χ2v) is 4.63. The number of fused-ring (bicyclic) bond motifs is 1. The second kappa shape index (κ2) is 6.34. The van der Waals surface area contributed by atoms with Gasteiger partial charge in [-0.3, -0.25) is 9.79 Å². The molecule has 0 saturated carbocycles. The van der Waals surface area contributed by atoms with Crippen LogP contribution in [0.5, 0.6) is 0 Å². The normalized spacial score (nSPS) is 18.1. The molecule has 1 heterocycles. The van der Waals surface area contributed by atoms with Gasteiger partial charge in [0, 0.05) is 29.9 Å². The average molecular weight is 244 g/mol. The van der Waals surface area contributed by atoms with Gasteiger partial charge in [-0.25, -0.2) is 0 Å². The van der Waals surface area contributed by atoms with Crippen LogP contribution in [0.25, 0.3) is 0 Å². The Kier molecular flexibility index (Phi) is 4.51. The number of rotatable bonds is 4. The van der Waals surface area contributed by atoms with Crippen molar-refractivity contribution in [3.8, 4) is 0 Å². The standard InChI is InChI=1S/C15H20N2O/c1-2-3-4-8-13-12-7-5-6-9-14(12)17-15(18)10-11-16-13/h5-7,9H,2-4,8,10-11H2,1H3,(H,17,18)/b16-13-. The van der Waals surface area contributed by atoms with Crippen LogP contribution >= 0.6 is 0 Å². The molecule has 1 amide bonds. The number of carbonyl (C=O) groups is 1. The summed E-state index contributed by atoms with van der Waals surface area (Å²) in [5, 5.41) is 2.96. The zero-order chi connectivity index (χ0) is 12.8. The third kappa shape index (κ3) is 3.19. The van der Waals surface area contributed by atoms with Crippen molar-refractivity contribution in [2.75, 3.05) is 11.9 Å². The fourth-order valence-corrected chi connectivity index (χ4v) is 2.19. The first kappa shape index (κ1) is 12.8. The number of aliphatic imine (C=N–C) groups is 1. The lowest BCUT2D eigenvalue weighted by molar-refractivity contribution is -0.116. The average Bonchev–Trinajstić information content (AvgIpc) is 2.36. The third-order valence-electron chi connectivity index (χ3n) is 3.17. The molecule has 0 atom stereocenters. The first-order valence-electron chi connectivity index (χ1n) is 6.74. The van der Waals surface area contributed by atoms with Crippen LogP contribution < -0.4 is 5.32 Å². The maximum Gasteiger partial charge on any atom is 0.226 e. The van der Waals surface area contributed by atoms with Crippen molar-refractivity contribution in [3.05, 3.63) is 29.8 Å². The largest absolute Gasteiger partial charge is 0.325 e. The number of nitrogens with one attached hydrogen (secondary N) is 1. The summed E-state index contributed by atoms with van der Waals surface area (Å²) in [6, 6.07) is 7.95.